The van der Waals surface area contributed by atoms with Crippen LogP contribution >= 0.6 is 0 Å². The lowest BCUT2D eigenvalue weighted by atomic mass is 9.41. The van der Waals surface area contributed by atoms with E-state index < -0.39 is 28.3 Å². The van der Waals surface area contributed by atoms with Crippen LogP contribution in [0.1, 0.15) is 46.5 Å². The van der Waals surface area contributed by atoms with Gasteiger partial charge < -0.3 is 33.5 Å². The third-order valence-electron chi connectivity index (χ3n) is 12.2. The summed E-state index contributed by atoms with van der Waals surface area (Å²) in [6, 6.07) is -0.224. The number of esters is 1. The summed E-state index contributed by atoms with van der Waals surface area (Å²) in [6.45, 7) is 7.72. The Balaban J connectivity index is 1.61. The van der Waals surface area contributed by atoms with Crippen molar-refractivity contribution < 1.29 is 38.3 Å². The van der Waals surface area contributed by atoms with Gasteiger partial charge in [0.2, 0.25) is 0 Å². The minimum absolute atomic E-state index is 0.0317. The molecule has 9 heteroatoms. The number of nitrogens with zero attached hydrogens (tertiary/aromatic N) is 1. The first-order valence-corrected chi connectivity index (χ1v) is 13.7. The van der Waals surface area contributed by atoms with Crippen molar-refractivity contribution in [3.63, 3.8) is 0 Å². The quantitative estimate of drug-likeness (QED) is 0.553. The van der Waals surface area contributed by atoms with E-state index in [9.17, 15) is 9.90 Å². The first kappa shape index (κ1) is 24.2. The van der Waals surface area contributed by atoms with E-state index in [1.165, 1.54) is 6.92 Å². The molecule has 5 aliphatic carbocycles. The highest BCUT2D eigenvalue weighted by molar-refractivity contribution is 5.67. The molecule has 13 atom stereocenters. The molecule has 7 unspecified atom stereocenters. The van der Waals surface area contributed by atoms with Crippen LogP contribution in [0.25, 0.3) is 0 Å². The number of ether oxygens (including phenoxy) is 6. The molecule has 3 spiro atoms. The second kappa shape index (κ2) is 7.23. The van der Waals surface area contributed by atoms with Crippen LogP contribution in [-0.2, 0) is 33.2 Å². The van der Waals surface area contributed by atoms with Gasteiger partial charge in [-0.25, -0.2) is 0 Å². The fourth-order valence-corrected chi connectivity index (χ4v) is 11.7. The fourth-order valence-electron chi connectivity index (χ4n) is 11.7. The summed E-state index contributed by atoms with van der Waals surface area (Å²) in [5.74, 6) is -0.771. The van der Waals surface area contributed by atoms with E-state index in [1.807, 2.05) is 0 Å². The molecule has 0 aromatic heterocycles. The van der Waals surface area contributed by atoms with E-state index in [-0.39, 0.29) is 60.3 Å². The first-order chi connectivity index (χ1) is 17.2. The molecule has 5 saturated carbocycles. The zero-order valence-electron chi connectivity index (χ0n) is 22.3. The van der Waals surface area contributed by atoms with Crippen molar-refractivity contribution in [2.24, 2.45) is 28.6 Å². The smallest absolute Gasteiger partial charge is 0.303 e. The number of likely N-dealkylation sites (tertiary alicyclic amines) is 1. The number of aliphatic hydroxyl groups is 1. The van der Waals surface area contributed by atoms with Gasteiger partial charge >= 0.3 is 5.97 Å². The molecule has 7 bridgehead atoms. The summed E-state index contributed by atoms with van der Waals surface area (Å²) in [5, 5.41) is 13.4. The maximum Gasteiger partial charge on any atom is 0.303 e. The standard InChI is InChI=1S/C27H41NO8/c1-7-28-12-23(3)9-8-17(32-5)26-20(23)21(36-14(2)29)27(22(26)28)25(34-13-35-27)11-16(31-4)15-10-24(26,30)19(25)18(15)33-6/h15-22,30H,7-13H2,1-6H3/t15-,16+,17?,18?,19?,20?,21?,22+,23+,24+,25-,26?,27?/m1/s1. The van der Waals surface area contributed by atoms with Crippen molar-refractivity contribution in [3.8, 4) is 0 Å². The van der Waals surface area contributed by atoms with Crippen LogP contribution in [-0.4, -0.2) is 104 Å². The Kier molecular flexibility index (Phi) is 4.87. The van der Waals surface area contributed by atoms with Gasteiger partial charge in [0, 0.05) is 59.0 Å². The number of rotatable bonds is 5. The number of likely N-dealkylation sites (N-methyl/N-ethyl adjacent to an activating group) is 1. The lowest BCUT2D eigenvalue weighted by Gasteiger charge is -2.71. The van der Waals surface area contributed by atoms with Gasteiger partial charge in [-0.1, -0.05) is 13.8 Å². The van der Waals surface area contributed by atoms with E-state index in [0.717, 1.165) is 25.9 Å². The SMILES string of the molecule is CCN1C[C@]2(C)CCC(OC)C34C2C(OC(C)=O)C2(OCO[C@@]25C[C@H](OC)[C@H]2C[C@]3(O)C5C2OC)[C@@H]14. The van der Waals surface area contributed by atoms with Gasteiger partial charge in [0.05, 0.1) is 35.4 Å². The summed E-state index contributed by atoms with van der Waals surface area (Å²) in [7, 11) is 5.23. The Morgan fingerprint density at radius 3 is 2.53 bits per heavy atom. The van der Waals surface area contributed by atoms with Gasteiger partial charge in [-0.2, -0.15) is 0 Å². The largest absolute Gasteiger partial charge is 0.459 e. The molecule has 7 rings (SSSR count). The van der Waals surface area contributed by atoms with Gasteiger partial charge in [0.15, 0.2) is 5.60 Å². The third kappa shape index (κ3) is 2.16. The average Bonchev–Trinajstić information content (AvgIpc) is 3.40. The summed E-state index contributed by atoms with van der Waals surface area (Å²) < 4.78 is 38.7. The molecule has 0 radical (unpaired) electrons. The number of hydrogen-bond donors (Lipinski definition) is 1. The Morgan fingerprint density at radius 2 is 1.89 bits per heavy atom. The van der Waals surface area contributed by atoms with E-state index >= 15 is 0 Å². The molecule has 36 heavy (non-hydrogen) atoms. The second-order valence-corrected chi connectivity index (χ2v) is 12.9. The molecular formula is C27H41NO8. The van der Waals surface area contributed by atoms with Crippen LogP contribution in [0, 0.1) is 28.6 Å². The van der Waals surface area contributed by atoms with Crippen molar-refractivity contribution in [2.75, 3.05) is 41.2 Å². The highest BCUT2D eigenvalue weighted by Crippen LogP contribution is 2.83. The van der Waals surface area contributed by atoms with Crippen LogP contribution in [0.4, 0.5) is 0 Å². The van der Waals surface area contributed by atoms with E-state index in [0.29, 0.717) is 12.8 Å². The Morgan fingerprint density at radius 1 is 1.11 bits per heavy atom. The molecule has 2 aliphatic heterocycles. The van der Waals surface area contributed by atoms with Crippen molar-refractivity contribution in [1.82, 2.24) is 4.90 Å². The Hall–Kier alpha value is -0.810. The van der Waals surface area contributed by atoms with Crippen LogP contribution in [0.15, 0.2) is 0 Å². The van der Waals surface area contributed by atoms with Crippen LogP contribution in [0.5, 0.6) is 0 Å². The predicted molar refractivity (Wildman–Crippen MR) is 126 cm³/mol. The van der Waals surface area contributed by atoms with Gasteiger partial charge in [-0.15, -0.1) is 0 Å². The molecule has 1 N–H and O–H groups in total. The summed E-state index contributed by atoms with van der Waals surface area (Å²) in [6.07, 6.45) is 1.69. The van der Waals surface area contributed by atoms with Gasteiger partial charge in [0.1, 0.15) is 18.5 Å². The van der Waals surface area contributed by atoms with Crippen molar-refractivity contribution in [2.45, 2.75) is 93.7 Å². The lowest BCUT2D eigenvalue weighted by molar-refractivity contribution is -0.332. The second-order valence-electron chi connectivity index (χ2n) is 12.9. The summed E-state index contributed by atoms with van der Waals surface area (Å²) in [4.78, 5) is 15.3. The molecule has 202 valence electrons. The number of fused-ring (bicyclic) bond motifs is 1. The van der Waals surface area contributed by atoms with Crippen molar-refractivity contribution in [1.29, 1.82) is 0 Å². The molecule has 0 aromatic rings. The molecule has 7 aliphatic rings. The zero-order chi connectivity index (χ0) is 25.5. The molecule has 2 saturated heterocycles. The van der Waals surface area contributed by atoms with Crippen LogP contribution in [0.3, 0.4) is 0 Å². The minimum atomic E-state index is -1.16. The summed E-state index contributed by atoms with van der Waals surface area (Å²) >= 11 is 0. The molecule has 7 fully saturated rings. The number of methoxy groups -OCH3 is 3. The predicted octanol–water partition coefficient (Wildman–Crippen LogP) is 1.35. The number of hydrogen-bond acceptors (Lipinski definition) is 9. The van der Waals surface area contributed by atoms with Crippen LogP contribution < -0.4 is 0 Å². The number of carbonyl (C=O) groups excluding carboxylic acids is 1. The highest BCUT2D eigenvalue weighted by Gasteiger charge is 2.97. The third-order valence-corrected chi connectivity index (χ3v) is 12.2. The Labute approximate surface area is 213 Å². The lowest BCUT2D eigenvalue weighted by Crippen LogP contribution is -2.85. The van der Waals surface area contributed by atoms with Gasteiger partial charge in [-0.05, 0) is 31.2 Å². The van der Waals surface area contributed by atoms with Crippen LogP contribution in [0.2, 0.25) is 0 Å². The van der Waals surface area contributed by atoms with Crippen molar-refractivity contribution in [3.05, 3.63) is 0 Å². The maximum absolute atomic E-state index is 13.4. The molecule has 2 heterocycles. The highest BCUT2D eigenvalue weighted by atomic mass is 16.7. The van der Waals surface area contributed by atoms with E-state index in [4.69, 9.17) is 28.4 Å². The van der Waals surface area contributed by atoms with Crippen molar-refractivity contribution >= 4 is 5.97 Å². The minimum Gasteiger partial charge on any atom is -0.459 e. The Bertz CT molecular complexity index is 979. The maximum atomic E-state index is 13.4. The zero-order valence-corrected chi connectivity index (χ0v) is 22.3. The molecule has 0 aromatic carbocycles. The first-order valence-electron chi connectivity index (χ1n) is 13.7. The fraction of sp³-hybridized carbons (Fsp3) is 0.963. The normalized spacial score (nSPS) is 60.2. The molecular weight excluding hydrogens is 466 g/mol. The average molecular weight is 508 g/mol. The molecule has 9 nitrogen and oxygen atoms in total. The van der Waals surface area contributed by atoms with E-state index in [2.05, 4.69) is 18.7 Å². The monoisotopic (exact) mass is 507 g/mol. The number of carbonyl (C=O) groups is 1. The number of piperidine rings is 1. The topological polar surface area (TPSA) is 95.9 Å². The van der Waals surface area contributed by atoms with Gasteiger partial charge in [-0.3, -0.25) is 9.69 Å². The van der Waals surface area contributed by atoms with E-state index in [1.54, 1.807) is 21.3 Å². The molecule has 0 amide bonds. The summed E-state index contributed by atoms with van der Waals surface area (Å²) in [5.41, 5.74) is -3.94. The van der Waals surface area contributed by atoms with Gasteiger partial charge in [0.25, 0.3) is 0 Å².